The van der Waals surface area contributed by atoms with Gasteiger partial charge in [0.15, 0.2) is 6.61 Å². The second kappa shape index (κ2) is 11.8. The zero-order chi connectivity index (χ0) is 28.0. The number of ketones is 1. The fourth-order valence-corrected chi connectivity index (χ4v) is 4.76. The van der Waals surface area contributed by atoms with Crippen LogP contribution in [0.2, 0.25) is 0 Å². The van der Waals surface area contributed by atoms with E-state index < -0.39 is 46.9 Å². The predicted octanol–water partition coefficient (Wildman–Crippen LogP) is 2.37. The molecule has 11 nitrogen and oxygen atoms in total. The molecule has 0 spiro atoms. The molecule has 0 aliphatic heterocycles. The summed E-state index contributed by atoms with van der Waals surface area (Å²) in [6, 6.07) is 13.4. The SMILES string of the molecule is COC(=O)c1cc(C(=O)OC)cc(-n2c(C)cc(C(=O)COC(=O)CNS(=O)(=O)c3ccccc3)c2C)c1. The Bertz CT molecular complexity index is 1460. The summed E-state index contributed by atoms with van der Waals surface area (Å²) in [7, 11) is -1.49. The van der Waals surface area contributed by atoms with E-state index >= 15 is 0 Å². The lowest BCUT2D eigenvalue weighted by Gasteiger charge is -2.13. The molecule has 0 atom stereocenters. The fraction of sp³-hybridized carbons (Fsp3) is 0.231. The van der Waals surface area contributed by atoms with Gasteiger partial charge in [-0.2, -0.15) is 4.72 Å². The molecule has 0 saturated heterocycles. The molecule has 0 saturated carbocycles. The van der Waals surface area contributed by atoms with Crippen molar-refractivity contribution in [3.05, 3.63) is 82.7 Å². The Balaban J connectivity index is 1.76. The first-order valence-electron chi connectivity index (χ1n) is 11.2. The molecule has 38 heavy (non-hydrogen) atoms. The van der Waals surface area contributed by atoms with Crippen LogP contribution in [0.3, 0.4) is 0 Å². The third-order valence-corrected chi connectivity index (χ3v) is 6.99. The summed E-state index contributed by atoms with van der Waals surface area (Å²) < 4.78 is 42.8. The number of carbonyl (C=O) groups is 4. The van der Waals surface area contributed by atoms with E-state index in [2.05, 4.69) is 4.72 Å². The van der Waals surface area contributed by atoms with Gasteiger partial charge in [0.1, 0.15) is 6.54 Å². The van der Waals surface area contributed by atoms with Gasteiger partial charge in [-0.05, 0) is 50.2 Å². The van der Waals surface area contributed by atoms with Crippen molar-refractivity contribution in [2.75, 3.05) is 27.4 Å². The topological polar surface area (TPSA) is 147 Å². The van der Waals surface area contributed by atoms with E-state index in [0.29, 0.717) is 17.1 Å². The highest BCUT2D eigenvalue weighted by Crippen LogP contribution is 2.24. The second-order valence-corrected chi connectivity index (χ2v) is 9.86. The van der Waals surface area contributed by atoms with E-state index in [4.69, 9.17) is 14.2 Å². The first-order chi connectivity index (χ1) is 18.0. The number of carbonyl (C=O) groups excluding carboxylic acids is 4. The van der Waals surface area contributed by atoms with E-state index in [-0.39, 0.29) is 21.6 Å². The molecule has 0 aliphatic carbocycles. The molecule has 0 amide bonds. The third kappa shape index (κ3) is 6.33. The van der Waals surface area contributed by atoms with Gasteiger partial charge in [0.2, 0.25) is 15.8 Å². The molecule has 0 aliphatic rings. The molecular weight excluding hydrogens is 516 g/mol. The molecule has 1 N–H and O–H groups in total. The van der Waals surface area contributed by atoms with Crippen molar-refractivity contribution in [2.45, 2.75) is 18.7 Å². The van der Waals surface area contributed by atoms with Gasteiger partial charge in [-0.25, -0.2) is 18.0 Å². The predicted molar refractivity (Wildman–Crippen MR) is 135 cm³/mol. The lowest BCUT2D eigenvalue weighted by molar-refractivity contribution is -0.141. The summed E-state index contributed by atoms with van der Waals surface area (Å²) in [5, 5.41) is 0. The summed E-state index contributed by atoms with van der Waals surface area (Å²) in [4.78, 5) is 49.3. The number of aryl methyl sites for hydroxylation is 1. The lowest BCUT2D eigenvalue weighted by Crippen LogP contribution is -2.31. The number of nitrogens with one attached hydrogen (secondary N) is 1. The van der Waals surface area contributed by atoms with Crippen LogP contribution in [-0.2, 0) is 29.0 Å². The highest BCUT2D eigenvalue weighted by Gasteiger charge is 2.22. The summed E-state index contributed by atoms with van der Waals surface area (Å²) in [5.74, 6) is -2.78. The molecule has 200 valence electrons. The number of methoxy groups -OCH3 is 2. The van der Waals surface area contributed by atoms with E-state index in [1.807, 2.05) is 0 Å². The number of ether oxygens (including phenoxy) is 3. The van der Waals surface area contributed by atoms with Gasteiger partial charge in [0.05, 0.1) is 30.2 Å². The van der Waals surface area contributed by atoms with Gasteiger partial charge >= 0.3 is 17.9 Å². The second-order valence-electron chi connectivity index (χ2n) is 8.09. The summed E-state index contributed by atoms with van der Waals surface area (Å²) in [6.07, 6.45) is 0. The van der Waals surface area contributed by atoms with Crippen molar-refractivity contribution < 1.29 is 41.8 Å². The fourth-order valence-electron chi connectivity index (χ4n) is 3.77. The number of Topliss-reactive ketones (excluding diaryl/α,β-unsaturated/α-hetero) is 1. The average Bonchev–Trinajstić information content (AvgIpc) is 3.23. The standard InChI is InChI=1S/C26H26N2O9S/c1-16-10-22(23(29)15-37-24(30)14-27-38(33,34)21-8-6-5-7-9-21)17(2)28(16)20-12-18(25(31)35-3)11-19(13-20)26(32)36-4/h5-13,27H,14-15H2,1-4H3. The highest BCUT2D eigenvalue weighted by molar-refractivity contribution is 7.89. The minimum absolute atomic E-state index is 0.0112. The molecule has 3 rings (SSSR count). The van der Waals surface area contributed by atoms with Crippen LogP contribution < -0.4 is 4.72 Å². The van der Waals surface area contributed by atoms with Crippen molar-refractivity contribution in [2.24, 2.45) is 0 Å². The van der Waals surface area contributed by atoms with Crippen LogP contribution in [0.15, 0.2) is 59.5 Å². The maximum Gasteiger partial charge on any atom is 0.337 e. The molecule has 2 aromatic carbocycles. The first-order valence-corrected chi connectivity index (χ1v) is 12.7. The summed E-state index contributed by atoms with van der Waals surface area (Å²) in [5.41, 5.74) is 1.94. The monoisotopic (exact) mass is 542 g/mol. The first kappa shape index (κ1) is 28.3. The zero-order valence-corrected chi connectivity index (χ0v) is 22.0. The number of hydrogen-bond donors (Lipinski definition) is 1. The smallest absolute Gasteiger partial charge is 0.337 e. The summed E-state index contributed by atoms with van der Waals surface area (Å²) in [6.45, 7) is 2.10. The third-order valence-electron chi connectivity index (χ3n) is 5.57. The quantitative estimate of drug-likeness (QED) is 0.232. The van der Waals surface area contributed by atoms with Crippen molar-refractivity contribution in [3.8, 4) is 5.69 Å². The Hall–Kier alpha value is -4.29. The van der Waals surface area contributed by atoms with Crippen LogP contribution in [0.4, 0.5) is 0 Å². The van der Waals surface area contributed by atoms with Crippen molar-refractivity contribution in [1.82, 2.24) is 9.29 Å². The van der Waals surface area contributed by atoms with Crippen LogP contribution in [0, 0.1) is 13.8 Å². The minimum Gasteiger partial charge on any atom is -0.465 e. The van der Waals surface area contributed by atoms with Gasteiger partial charge in [-0.1, -0.05) is 18.2 Å². The molecule has 0 fully saturated rings. The van der Waals surface area contributed by atoms with Crippen LogP contribution in [0.25, 0.3) is 5.69 Å². The van der Waals surface area contributed by atoms with Gasteiger partial charge in [0, 0.05) is 22.6 Å². The van der Waals surface area contributed by atoms with Crippen molar-refractivity contribution in [1.29, 1.82) is 0 Å². The lowest BCUT2D eigenvalue weighted by atomic mass is 10.1. The molecule has 0 unspecified atom stereocenters. The van der Waals surface area contributed by atoms with Gasteiger partial charge < -0.3 is 18.8 Å². The van der Waals surface area contributed by atoms with E-state index in [9.17, 15) is 27.6 Å². The normalized spacial score (nSPS) is 11.1. The van der Waals surface area contributed by atoms with Crippen molar-refractivity contribution in [3.63, 3.8) is 0 Å². The zero-order valence-electron chi connectivity index (χ0n) is 21.1. The Morgan fingerprint density at radius 1 is 0.868 bits per heavy atom. The van der Waals surface area contributed by atoms with Crippen LogP contribution in [-0.4, -0.2) is 64.0 Å². The Kier molecular flexibility index (Phi) is 8.81. The molecule has 3 aromatic rings. The average molecular weight is 543 g/mol. The number of sulfonamides is 1. The molecule has 0 bridgehead atoms. The van der Waals surface area contributed by atoms with Crippen molar-refractivity contribution >= 4 is 33.7 Å². The molecule has 0 radical (unpaired) electrons. The summed E-state index contributed by atoms with van der Waals surface area (Å²) >= 11 is 0. The van der Waals surface area contributed by atoms with Gasteiger partial charge in [-0.3, -0.25) is 9.59 Å². The molecular formula is C26H26N2O9S. The van der Waals surface area contributed by atoms with Gasteiger partial charge in [-0.15, -0.1) is 0 Å². The van der Waals surface area contributed by atoms with E-state index in [1.165, 1.54) is 44.6 Å². The van der Waals surface area contributed by atoms with Crippen LogP contribution >= 0.6 is 0 Å². The number of rotatable bonds is 10. The maximum atomic E-state index is 12.9. The van der Waals surface area contributed by atoms with E-state index in [1.54, 1.807) is 42.7 Å². The Labute approximate surface area is 219 Å². The van der Waals surface area contributed by atoms with Crippen LogP contribution in [0.1, 0.15) is 42.5 Å². The Morgan fingerprint density at radius 3 is 2.00 bits per heavy atom. The number of esters is 3. The molecule has 1 heterocycles. The minimum atomic E-state index is -3.91. The Morgan fingerprint density at radius 2 is 1.45 bits per heavy atom. The van der Waals surface area contributed by atoms with Crippen LogP contribution in [0.5, 0.6) is 0 Å². The van der Waals surface area contributed by atoms with E-state index in [0.717, 1.165) is 0 Å². The maximum absolute atomic E-state index is 12.9. The highest BCUT2D eigenvalue weighted by atomic mass is 32.2. The number of aromatic nitrogens is 1. The molecule has 12 heteroatoms. The number of hydrogen-bond acceptors (Lipinski definition) is 9. The largest absolute Gasteiger partial charge is 0.465 e. The van der Waals surface area contributed by atoms with Gasteiger partial charge in [0.25, 0.3) is 0 Å². The number of nitrogens with zero attached hydrogens (tertiary/aromatic N) is 1. The molecule has 1 aromatic heterocycles. The number of benzene rings is 2.